The number of rotatable bonds is 13. The van der Waals surface area contributed by atoms with Crippen LogP contribution in [0.3, 0.4) is 0 Å². The third-order valence-corrected chi connectivity index (χ3v) is 6.05. The predicted octanol–water partition coefficient (Wildman–Crippen LogP) is 7.74. The van der Waals surface area contributed by atoms with E-state index in [1.807, 2.05) is 24.3 Å². The number of hydrogen-bond donors (Lipinski definition) is 1. The first-order chi connectivity index (χ1) is 17.2. The Kier molecular flexibility index (Phi) is 9.57. The molecule has 3 rings (SSSR count). The Morgan fingerprint density at radius 3 is 2.36 bits per heavy atom. The van der Waals surface area contributed by atoms with E-state index < -0.39 is 0 Å². The van der Waals surface area contributed by atoms with Crippen molar-refractivity contribution < 1.29 is 9.47 Å². The van der Waals surface area contributed by atoms with E-state index in [4.69, 9.17) is 9.47 Å². The van der Waals surface area contributed by atoms with Gasteiger partial charge in [-0.1, -0.05) is 45.9 Å². The third-order valence-electron chi connectivity index (χ3n) is 6.05. The van der Waals surface area contributed by atoms with E-state index in [1.165, 1.54) is 22.2 Å². The van der Waals surface area contributed by atoms with E-state index in [-0.39, 0.29) is 5.41 Å². The van der Waals surface area contributed by atoms with Crippen LogP contribution in [0.5, 0.6) is 11.5 Å². The van der Waals surface area contributed by atoms with Gasteiger partial charge in [0.05, 0.1) is 26.0 Å². The predicted molar refractivity (Wildman–Crippen MR) is 150 cm³/mol. The summed E-state index contributed by atoms with van der Waals surface area (Å²) in [5.74, 6) is 1.86. The van der Waals surface area contributed by atoms with Gasteiger partial charge in [-0.05, 0) is 79.6 Å². The molecule has 6 heteroatoms. The monoisotopic (exact) mass is 490 g/mol. The summed E-state index contributed by atoms with van der Waals surface area (Å²) in [6.45, 7) is 17.6. The molecule has 1 N–H and O–H groups in total. The molecule has 0 aliphatic rings. The zero-order valence-electron chi connectivity index (χ0n) is 22.9. The van der Waals surface area contributed by atoms with E-state index >= 15 is 0 Å². The Morgan fingerprint density at radius 2 is 1.72 bits per heavy atom. The van der Waals surface area contributed by atoms with Crippen LogP contribution in [0.4, 0.5) is 0 Å². The van der Waals surface area contributed by atoms with Crippen LogP contribution in [0.15, 0.2) is 59.4 Å². The molecule has 194 valence electrons. The standard InChI is InChI=1S/C30H42N4O2/c1-8-11-26-27-20-22(2)34(21-30(4,5)6)28(27)16-17-29(26)36-19-10-9-18-35-25-14-12-24(13-15-25)23(3)32-33-31-7/h12-17,20H,3,8-11,18-19,21H2,1-2,4-7H3,(H,31,32). The number of nitrogens with one attached hydrogen (secondary N) is 1. The van der Waals surface area contributed by atoms with Gasteiger partial charge in [0, 0.05) is 28.7 Å². The molecule has 0 aliphatic carbocycles. The maximum atomic E-state index is 6.28. The highest BCUT2D eigenvalue weighted by Crippen LogP contribution is 2.33. The zero-order chi connectivity index (χ0) is 26.1. The SMILES string of the molecule is C=C(NN=NC)c1ccc(OCCCCOc2ccc3c(cc(C)n3CC(C)(C)C)c2CCC)cc1. The molecule has 36 heavy (non-hydrogen) atoms. The lowest BCUT2D eigenvalue weighted by Crippen LogP contribution is -2.16. The minimum atomic E-state index is 0.230. The molecule has 0 radical (unpaired) electrons. The van der Waals surface area contributed by atoms with Crippen molar-refractivity contribution in [2.45, 2.75) is 66.8 Å². The summed E-state index contributed by atoms with van der Waals surface area (Å²) in [5, 5.41) is 8.74. The van der Waals surface area contributed by atoms with Crippen molar-refractivity contribution in [1.82, 2.24) is 9.99 Å². The van der Waals surface area contributed by atoms with Crippen LogP contribution in [0.1, 0.15) is 63.8 Å². The molecule has 6 nitrogen and oxygen atoms in total. The maximum Gasteiger partial charge on any atom is 0.123 e. The van der Waals surface area contributed by atoms with Crippen LogP contribution in [0.2, 0.25) is 0 Å². The van der Waals surface area contributed by atoms with Gasteiger partial charge in [0.1, 0.15) is 11.5 Å². The highest BCUT2D eigenvalue weighted by Gasteiger charge is 2.18. The molecule has 1 heterocycles. The van der Waals surface area contributed by atoms with Crippen molar-refractivity contribution in [3.63, 3.8) is 0 Å². The number of fused-ring (bicyclic) bond motifs is 1. The number of aryl methyl sites for hydroxylation is 2. The molecule has 0 atom stereocenters. The quantitative estimate of drug-likeness (QED) is 0.151. The van der Waals surface area contributed by atoms with Gasteiger partial charge in [-0.2, -0.15) is 5.11 Å². The average molecular weight is 491 g/mol. The second-order valence-corrected chi connectivity index (χ2v) is 10.5. The molecule has 0 amide bonds. The molecule has 3 aromatic rings. The zero-order valence-corrected chi connectivity index (χ0v) is 22.9. The number of aromatic nitrogens is 1. The summed E-state index contributed by atoms with van der Waals surface area (Å²) in [7, 11) is 1.61. The van der Waals surface area contributed by atoms with Gasteiger partial charge < -0.3 is 14.0 Å². The number of unbranched alkanes of at least 4 members (excludes halogenated alkanes) is 1. The van der Waals surface area contributed by atoms with Gasteiger partial charge in [0.25, 0.3) is 0 Å². The fourth-order valence-corrected chi connectivity index (χ4v) is 4.34. The summed E-state index contributed by atoms with van der Waals surface area (Å²) in [4.78, 5) is 0. The van der Waals surface area contributed by atoms with E-state index in [1.54, 1.807) is 7.05 Å². The van der Waals surface area contributed by atoms with Crippen LogP contribution < -0.4 is 14.9 Å². The lowest BCUT2D eigenvalue weighted by atomic mass is 9.96. The fraction of sp³-hybridized carbons (Fsp3) is 0.467. The van der Waals surface area contributed by atoms with Gasteiger partial charge >= 0.3 is 0 Å². The number of benzene rings is 2. The fourth-order valence-electron chi connectivity index (χ4n) is 4.34. The number of ether oxygens (including phenoxy) is 2. The Labute approximate surface area is 216 Å². The Hall–Kier alpha value is -3.28. The number of nitrogens with zero attached hydrogens (tertiary/aromatic N) is 3. The Balaban J connectivity index is 1.53. The Morgan fingerprint density at radius 1 is 1.03 bits per heavy atom. The second-order valence-electron chi connectivity index (χ2n) is 10.5. The summed E-state index contributed by atoms with van der Waals surface area (Å²) in [6.07, 6.45) is 3.99. The lowest BCUT2D eigenvalue weighted by Gasteiger charge is -2.21. The first-order valence-electron chi connectivity index (χ1n) is 12.9. The Bertz CT molecular complexity index is 1170. The van der Waals surface area contributed by atoms with Crippen LogP contribution in [0, 0.1) is 12.3 Å². The molecule has 0 saturated carbocycles. The van der Waals surface area contributed by atoms with E-state index in [2.05, 4.69) is 79.7 Å². The van der Waals surface area contributed by atoms with Crippen molar-refractivity contribution in [3.8, 4) is 11.5 Å². The lowest BCUT2D eigenvalue weighted by molar-refractivity contribution is 0.265. The summed E-state index contributed by atoms with van der Waals surface area (Å²) >= 11 is 0. The smallest absolute Gasteiger partial charge is 0.123 e. The normalized spacial score (nSPS) is 11.8. The molecular weight excluding hydrogens is 448 g/mol. The summed E-state index contributed by atoms with van der Waals surface area (Å²) in [5.41, 5.74) is 8.63. The van der Waals surface area contributed by atoms with Crippen LogP contribution in [-0.4, -0.2) is 24.8 Å². The first kappa shape index (κ1) is 27.3. The highest BCUT2D eigenvalue weighted by atomic mass is 16.5. The minimum Gasteiger partial charge on any atom is -0.494 e. The van der Waals surface area contributed by atoms with Crippen LogP contribution >= 0.6 is 0 Å². The average Bonchev–Trinajstić information content (AvgIpc) is 3.15. The van der Waals surface area contributed by atoms with Crippen molar-refractivity contribution >= 4 is 16.6 Å². The van der Waals surface area contributed by atoms with Crippen molar-refractivity contribution in [3.05, 3.63) is 65.9 Å². The molecule has 2 aromatic carbocycles. The minimum absolute atomic E-state index is 0.230. The van der Waals surface area contributed by atoms with E-state index in [9.17, 15) is 0 Å². The van der Waals surface area contributed by atoms with Gasteiger partial charge in [-0.3, -0.25) is 5.43 Å². The molecule has 0 spiro atoms. The summed E-state index contributed by atoms with van der Waals surface area (Å²) in [6, 6.07) is 14.5. The highest BCUT2D eigenvalue weighted by molar-refractivity contribution is 5.87. The van der Waals surface area contributed by atoms with Crippen LogP contribution in [0.25, 0.3) is 16.6 Å². The first-order valence-corrected chi connectivity index (χ1v) is 12.9. The largest absolute Gasteiger partial charge is 0.494 e. The van der Waals surface area contributed by atoms with Gasteiger partial charge in [-0.25, -0.2) is 0 Å². The van der Waals surface area contributed by atoms with Crippen LogP contribution in [-0.2, 0) is 13.0 Å². The van der Waals surface area contributed by atoms with E-state index in [0.29, 0.717) is 18.9 Å². The van der Waals surface area contributed by atoms with Crippen molar-refractivity contribution in [2.75, 3.05) is 20.3 Å². The molecule has 0 unspecified atom stereocenters. The van der Waals surface area contributed by atoms with Crippen molar-refractivity contribution in [2.24, 2.45) is 15.8 Å². The second kappa shape index (κ2) is 12.6. The molecular formula is C30H42N4O2. The van der Waals surface area contributed by atoms with Gasteiger partial charge in [0.2, 0.25) is 0 Å². The maximum absolute atomic E-state index is 6.28. The number of hydrogen-bond acceptors (Lipinski definition) is 4. The van der Waals surface area contributed by atoms with Gasteiger partial charge in [0.15, 0.2) is 0 Å². The third kappa shape index (κ3) is 7.36. The topological polar surface area (TPSA) is 60.1 Å². The molecule has 0 aliphatic heterocycles. The molecule has 0 fully saturated rings. The molecule has 0 saturated heterocycles. The van der Waals surface area contributed by atoms with Crippen molar-refractivity contribution in [1.29, 1.82) is 0 Å². The molecule has 1 aromatic heterocycles. The molecule has 0 bridgehead atoms. The van der Waals surface area contributed by atoms with E-state index in [0.717, 1.165) is 49.3 Å². The van der Waals surface area contributed by atoms with Gasteiger partial charge in [-0.15, -0.1) is 0 Å². The summed E-state index contributed by atoms with van der Waals surface area (Å²) < 4.78 is 14.6.